The van der Waals surface area contributed by atoms with Crippen LogP contribution in [-0.2, 0) is 19.1 Å². The molecular formula is C17H36NO4PSi2. The van der Waals surface area contributed by atoms with Gasteiger partial charge in [0, 0.05) is 16.1 Å². The normalized spacial score (nSPS) is 26.7. The molecule has 1 unspecified atom stereocenters. The van der Waals surface area contributed by atoms with Gasteiger partial charge in [0.05, 0.1) is 14.2 Å². The molecule has 1 fully saturated rings. The summed E-state index contributed by atoms with van der Waals surface area (Å²) in [6.07, 6.45) is 0. The van der Waals surface area contributed by atoms with Crippen molar-refractivity contribution in [3.8, 4) is 0 Å². The van der Waals surface area contributed by atoms with E-state index < -0.39 is 29.3 Å². The van der Waals surface area contributed by atoms with Crippen LogP contribution in [0.5, 0.6) is 0 Å². The Morgan fingerprint density at radius 1 is 1.00 bits per heavy atom. The van der Waals surface area contributed by atoms with Gasteiger partial charge < -0.3 is 9.47 Å². The minimum Gasteiger partial charge on any atom is -0.468 e. The van der Waals surface area contributed by atoms with E-state index in [-0.39, 0.29) is 17.6 Å². The number of carbonyl (C=O) groups excluding carboxylic acids is 2. The number of ether oxygens (including phenoxy) is 2. The molecular weight excluding hydrogens is 369 g/mol. The van der Waals surface area contributed by atoms with E-state index >= 15 is 0 Å². The molecule has 0 amide bonds. The first-order valence-corrected chi connectivity index (χ1v) is 17.7. The monoisotopic (exact) mass is 405 g/mol. The molecule has 5 nitrogen and oxygen atoms in total. The highest BCUT2D eigenvalue weighted by Gasteiger charge is 2.80. The molecule has 1 aliphatic heterocycles. The number of likely N-dealkylation sites (N-methyl/N-ethyl adjacent to an activating group) is 1. The second-order valence-corrected chi connectivity index (χ2v) is 23.6. The summed E-state index contributed by atoms with van der Waals surface area (Å²) in [4.78, 5) is 28.4. The Bertz CT molecular complexity index is 500. The van der Waals surface area contributed by atoms with Gasteiger partial charge in [-0.25, -0.2) is 4.79 Å². The van der Waals surface area contributed by atoms with Gasteiger partial charge in [-0.3, -0.25) is 9.69 Å². The number of esters is 2. The van der Waals surface area contributed by atoms with Crippen molar-refractivity contribution in [2.75, 3.05) is 27.3 Å². The van der Waals surface area contributed by atoms with Gasteiger partial charge in [-0.15, -0.1) is 0 Å². The van der Waals surface area contributed by atoms with Crippen LogP contribution in [-0.4, -0.2) is 76.1 Å². The van der Waals surface area contributed by atoms with Crippen LogP contribution in [0.1, 0.15) is 13.8 Å². The molecule has 8 heteroatoms. The van der Waals surface area contributed by atoms with Gasteiger partial charge in [-0.2, -0.15) is 0 Å². The molecule has 0 radical (unpaired) electrons. The summed E-state index contributed by atoms with van der Waals surface area (Å²) in [6, 6.07) is 0. The topological polar surface area (TPSA) is 55.8 Å². The molecule has 0 saturated carbocycles. The van der Waals surface area contributed by atoms with Crippen LogP contribution in [0.2, 0.25) is 39.3 Å². The second-order valence-electron chi connectivity index (χ2n) is 8.86. The third-order valence-corrected chi connectivity index (χ3v) is 22.8. The molecule has 1 rings (SSSR count). The second kappa shape index (κ2) is 7.79. The maximum Gasteiger partial charge on any atom is 0.332 e. The summed E-state index contributed by atoms with van der Waals surface area (Å²) < 4.78 is 10.4. The van der Waals surface area contributed by atoms with Crippen molar-refractivity contribution in [3.05, 3.63) is 0 Å². The largest absolute Gasteiger partial charge is 0.468 e. The predicted octanol–water partition coefficient (Wildman–Crippen LogP) is 3.36. The van der Waals surface area contributed by atoms with Crippen LogP contribution >= 0.6 is 7.92 Å². The summed E-state index contributed by atoms with van der Waals surface area (Å²) in [5.41, 5.74) is -0.358. The quantitative estimate of drug-likeness (QED) is 0.352. The van der Waals surface area contributed by atoms with Crippen LogP contribution in [0.4, 0.5) is 0 Å². The number of hydrogen-bond donors (Lipinski definition) is 0. The first kappa shape index (κ1) is 22.8. The third kappa shape index (κ3) is 3.89. The Kier molecular flexibility index (Phi) is 7.10. The Labute approximate surface area is 156 Å². The average Bonchev–Trinajstić information content (AvgIpc) is 3.13. The summed E-state index contributed by atoms with van der Waals surface area (Å²) in [7, 11) is -1.17. The minimum atomic E-state index is -1.59. The maximum atomic E-state index is 13.0. The standard InChI is InChI=1S/C17H36NO4PSi2/c1-11-18(12-2)17(15(20)22-4)13(14(19)21-3)23(17)16(24(5,6)7)25(8,9)10/h13,16H,11-12H2,1-10H3/t13-,17+,23?/m1/s1. The molecule has 0 N–H and O–H groups in total. The molecule has 1 aliphatic rings. The van der Waals surface area contributed by atoms with E-state index in [9.17, 15) is 9.59 Å². The molecule has 3 atom stereocenters. The van der Waals surface area contributed by atoms with Crippen molar-refractivity contribution in [1.29, 1.82) is 0 Å². The number of carbonyl (C=O) groups is 2. The zero-order valence-corrected chi connectivity index (χ0v) is 20.5. The lowest BCUT2D eigenvalue weighted by Crippen LogP contribution is -2.54. The molecule has 0 bridgehead atoms. The molecule has 0 aromatic carbocycles. The fourth-order valence-corrected chi connectivity index (χ4v) is 27.0. The lowest BCUT2D eigenvalue weighted by molar-refractivity contribution is -0.152. The van der Waals surface area contributed by atoms with E-state index in [0.717, 1.165) is 13.1 Å². The molecule has 0 aromatic heterocycles. The summed E-state index contributed by atoms with van der Waals surface area (Å²) in [5, 5.41) is -0.800. The van der Waals surface area contributed by atoms with Crippen LogP contribution in [0.3, 0.4) is 0 Å². The van der Waals surface area contributed by atoms with Gasteiger partial charge in [0.25, 0.3) is 0 Å². The lowest BCUT2D eigenvalue weighted by Gasteiger charge is -2.41. The first-order chi connectivity index (χ1) is 11.3. The van der Waals surface area contributed by atoms with E-state index in [2.05, 4.69) is 44.2 Å². The van der Waals surface area contributed by atoms with Crippen molar-refractivity contribution in [3.63, 3.8) is 0 Å². The fourth-order valence-electron chi connectivity index (χ4n) is 4.71. The predicted molar refractivity (Wildman–Crippen MR) is 111 cm³/mol. The molecule has 1 heterocycles. The van der Waals surface area contributed by atoms with E-state index in [1.807, 2.05) is 13.8 Å². The molecule has 0 aliphatic carbocycles. The number of nitrogens with zero attached hydrogens (tertiary/aromatic N) is 1. The first-order valence-electron chi connectivity index (χ1n) is 9.05. The fraction of sp³-hybridized carbons (Fsp3) is 0.882. The van der Waals surface area contributed by atoms with Crippen molar-refractivity contribution in [2.45, 2.75) is 69.0 Å². The van der Waals surface area contributed by atoms with E-state index in [1.54, 1.807) is 0 Å². The highest BCUT2D eigenvalue weighted by atomic mass is 31.1. The molecule has 0 spiro atoms. The lowest BCUT2D eigenvalue weighted by atomic mass is 10.1. The zero-order chi connectivity index (χ0) is 19.8. The van der Waals surface area contributed by atoms with Gasteiger partial charge in [0.15, 0.2) is 5.28 Å². The number of methoxy groups -OCH3 is 2. The highest BCUT2D eigenvalue weighted by Crippen LogP contribution is 2.81. The van der Waals surface area contributed by atoms with Crippen LogP contribution in [0.15, 0.2) is 0 Å². The minimum absolute atomic E-state index is 0.245. The highest BCUT2D eigenvalue weighted by molar-refractivity contribution is 7.76. The maximum absolute atomic E-state index is 13.0. The van der Waals surface area contributed by atoms with Crippen molar-refractivity contribution < 1.29 is 19.1 Å². The molecule has 1 saturated heterocycles. The smallest absolute Gasteiger partial charge is 0.332 e. The van der Waals surface area contributed by atoms with Gasteiger partial charge in [-0.05, 0) is 18.0 Å². The SMILES string of the molecule is CCN(CC)[C@@]1(C(=O)OC)[C@@H](C(=O)OC)P1C([Si](C)(C)C)[Si](C)(C)C. The van der Waals surface area contributed by atoms with Crippen LogP contribution in [0.25, 0.3) is 0 Å². The van der Waals surface area contributed by atoms with E-state index in [0.29, 0.717) is 4.91 Å². The third-order valence-electron chi connectivity index (χ3n) is 5.06. The Hall–Kier alpha value is -0.236. The van der Waals surface area contributed by atoms with Gasteiger partial charge in [0.2, 0.25) is 0 Å². The summed E-state index contributed by atoms with van der Waals surface area (Å²) >= 11 is 0. The van der Waals surface area contributed by atoms with Crippen molar-refractivity contribution >= 4 is 36.0 Å². The summed E-state index contributed by atoms with van der Waals surface area (Å²) in [6.45, 7) is 19.8. The van der Waals surface area contributed by atoms with Gasteiger partial charge in [0.1, 0.15) is 5.66 Å². The number of rotatable bonds is 8. The summed E-state index contributed by atoms with van der Waals surface area (Å²) in [5.74, 6) is -0.496. The average molecular weight is 406 g/mol. The van der Waals surface area contributed by atoms with Crippen LogP contribution in [0, 0.1) is 0 Å². The van der Waals surface area contributed by atoms with E-state index in [1.165, 1.54) is 14.2 Å². The Morgan fingerprint density at radius 2 is 1.44 bits per heavy atom. The zero-order valence-electron chi connectivity index (χ0n) is 17.6. The molecule has 25 heavy (non-hydrogen) atoms. The van der Waals surface area contributed by atoms with Gasteiger partial charge in [-0.1, -0.05) is 61.1 Å². The Morgan fingerprint density at radius 3 is 1.72 bits per heavy atom. The van der Waals surface area contributed by atoms with Gasteiger partial charge >= 0.3 is 11.9 Å². The molecule has 146 valence electrons. The van der Waals surface area contributed by atoms with Crippen molar-refractivity contribution in [2.24, 2.45) is 0 Å². The Balaban J connectivity index is 3.62. The molecule has 0 aromatic rings. The van der Waals surface area contributed by atoms with Crippen molar-refractivity contribution in [1.82, 2.24) is 4.90 Å². The van der Waals surface area contributed by atoms with Crippen LogP contribution < -0.4 is 0 Å². The number of hydrogen-bond acceptors (Lipinski definition) is 5. The van der Waals surface area contributed by atoms with E-state index in [4.69, 9.17) is 9.47 Å².